The second-order valence-electron chi connectivity index (χ2n) is 7.30. The van der Waals surface area contributed by atoms with Crippen LogP contribution in [0.5, 0.6) is 0 Å². The first-order chi connectivity index (χ1) is 14.0. The average molecular weight is 380 g/mol. The van der Waals surface area contributed by atoms with Crippen LogP contribution in [0.25, 0.3) is 22.8 Å². The Balaban J connectivity index is 1.70. The molecule has 0 fully saturated rings. The topological polar surface area (TPSA) is 41.9 Å². The molecule has 3 aromatic heterocycles. The number of nitrogens with zero attached hydrogens (tertiary/aromatic N) is 4. The Morgan fingerprint density at radius 3 is 1.86 bits per heavy atom. The van der Waals surface area contributed by atoms with Crippen molar-refractivity contribution in [1.29, 1.82) is 0 Å². The minimum Gasteiger partial charge on any atom is -0.329 e. The minimum atomic E-state index is 0.835. The van der Waals surface area contributed by atoms with Gasteiger partial charge in [0.1, 0.15) is 5.82 Å². The Labute approximate surface area is 171 Å². The maximum atomic E-state index is 4.88. The smallest absolute Gasteiger partial charge is 0.133 e. The van der Waals surface area contributed by atoms with Crippen molar-refractivity contribution in [3.8, 4) is 22.8 Å². The summed E-state index contributed by atoms with van der Waals surface area (Å²) in [6.07, 6.45) is 0. The molecule has 3 heterocycles. The maximum Gasteiger partial charge on any atom is 0.133 e. The number of hydrogen-bond acceptors (Lipinski definition) is 4. The molecule has 0 bridgehead atoms. The van der Waals surface area contributed by atoms with E-state index in [1.165, 1.54) is 11.1 Å². The first-order valence-electron chi connectivity index (χ1n) is 9.71. The van der Waals surface area contributed by atoms with Crippen LogP contribution in [0.3, 0.4) is 0 Å². The number of pyridine rings is 3. The second kappa shape index (κ2) is 7.84. The highest BCUT2D eigenvalue weighted by atomic mass is 15.2. The highest BCUT2D eigenvalue weighted by Gasteiger charge is 2.11. The first-order valence-corrected chi connectivity index (χ1v) is 9.71. The van der Waals surface area contributed by atoms with Crippen molar-refractivity contribution in [2.75, 3.05) is 11.9 Å². The van der Waals surface area contributed by atoms with Gasteiger partial charge in [0.15, 0.2) is 0 Å². The molecule has 0 aliphatic heterocycles. The molecule has 0 spiro atoms. The second-order valence-corrected chi connectivity index (χ2v) is 7.30. The van der Waals surface area contributed by atoms with Crippen LogP contribution in [0, 0.1) is 20.8 Å². The van der Waals surface area contributed by atoms with E-state index in [-0.39, 0.29) is 0 Å². The fourth-order valence-corrected chi connectivity index (χ4v) is 3.46. The number of hydrogen-bond donors (Lipinski definition) is 0. The van der Waals surface area contributed by atoms with Crippen molar-refractivity contribution >= 4 is 11.5 Å². The lowest BCUT2D eigenvalue weighted by Crippen LogP contribution is -2.12. The van der Waals surface area contributed by atoms with E-state index >= 15 is 0 Å². The highest BCUT2D eigenvalue weighted by Crippen LogP contribution is 2.28. The van der Waals surface area contributed by atoms with Crippen LogP contribution in [0.15, 0.2) is 72.8 Å². The van der Waals surface area contributed by atoms with Gasteiger partial charge in [0.05, 0.1) is 22.8 Å². The molecular weight excluding hydrogens is 356 g/mol. The first kappa shape index (κ1) is 18.8. The van der Waals surface area contributed by atoms with Crippen molar-refractivity contribution in [3.63, 3.8) is 0 Å². The molecule has 4 rings (SSSR count). The van der Waals surface area contributed by atoms with Gasteiger partial charge in [-0.3, -0.25) is 4.98 Å². The monoisotopic (exact) mass is 380 g/mol. The SMILES string of the molecule is Cc1ccc(N(C)c2cccc(-c3cccc(-c4cccc(C)n4)n3)n2)c(C)c1. The van der Waals surface area contributed by atoms with Gasteiger partial charge in [-0.15, -0.1) is 0 Å². The van der Waals surface area contributed by atoms with Crippen molar-refractivity contribution in [2.45, 2.75) is 20.8 Å². The summed E-state index contributed by atoms with van der Waals surface area (Å²) >= 11 is 0. The van der Waals surface area contributed by atoms with Crippen molar-refractivity contribution in [3.05, 3.63) is 89.6 Å². The van der Waals surface area contributed by atoms with Gasteiger partial charge in [-0.05, 0) is 68.8 Å². The highest BCUT2D eigenvalue weighted by molar-refractivity contribution is 5.67. The molecule has 4 nitrogen and oxygen atoms in total. The molecule has 29 heavy (non-hydrogen) atoms. The molecular formula is C25H24N4. The quantitative estimate of drug-likeness (QED) is 0.442. The van der Waals surface area contributed by atoms with Crippen LogP contribution in [0.4, 0.5) is 11.5 Å². The summed E-state index contributed by atoms with van der Waals surface area (Å²) in [5.74, 6) is 0.885. The third kappa shape index (κ3) is 4.02. The summed E-state index contributed by atoms with van der Waals surface area (Å²) in [5, 5.41) is 0. The third-order valence-electron chi connectivity index (χ3n) is 4.95. The molecule has 0 aliphatic carbocycles. The molecule has 0 N–H and O–H groups in total. The van der Waals surface area contributed by atoms with Gasteiger partial charge in [0.2, 0.25) is 0 Å². The zero-order valence-corrected chi connectivity index (χ0v) is 17.2. The predicted molar refractivity (Wildman–Crippen MR) is 119 cm³/mol. The molecule has 144 valence electrons. The average Bonchev–Trinajstić information content (AvgIpc) is 2.73. The van der Waals surface area contributed by atoms with E-state index in [4.69, 9.17) is 9.97 Å². The van der Waals surface area contributed by atoms with Gasteiger partial charge < -0.3 is 4.90 Å². The molecule has 4 aromatic rings. The molecule has 0 aliphatic rings. The lowest BCUT2D eigenvalue weighted by atomic mass is 10.1. The summed E-state index contributed by atoms with van der Waals surface area (Å²) in [4.78, 5) is 16.4. The van der Waals surface area contributed by atoms with E-state index in [0.29, 0.717) is 0 Å². The standard InChI is InChI=1S/C25H24N4/c1-17-14-15-24(18(2)16-17)29(4)25-13-7-12-23(28-25)22-11-6-10-21(27-22)20-9-5-8-19(3)26-20/h5-16H,1-4H3. The van der Waals surface area contributed by atoms with Crippen LogP contribution in [-0.2, 0) is 0 Å². The summed E-state index contributed by atoms with van der Waals surface area (Å²) in [6, 6.07) is 24.4. The Hall–Kier alpha value is -3.53. The zero-order chi connectivity index (χ0) is 20.4. The minimum absolute atomic E-state index is 0.835. The lowest BCUT2D eigenvalue weighted by molar-refractivity contribution is 1.11. The summed E-state index contributed by atoms with van der Waals surface area (Å²) in [5.41, 5.74) is 8.00. The Morgan fingerprint density at radius 1 is 0.621 bits per heavy atom. The number of aromatic nitrogens is 3. The number of rotatable bonds is 4. The molecule has 0 amide bonds. The molecule has 0 saturated carbocycles. The Morgan fingerprint density at radius 2 is 1.21 bits per heavy atom. The van der Waals surface area contributed by atoms with Crippen LogP contribution >= 0.6 is 0 Å². The largest absolute Gasteiger partial charge is 0.329 e. The fraction of sp³-hybridized carbons (Fsp3) is 0.160. The van der Waals surface area contributed by atoms with E-state index < -0.39 is 0 Å². The molecule has 4 heteroatoms. The van der Waals surface area contributed by atoms with E-state index in [9.17, 15) is 0 Å². The predicted octanol–water partition coefficient (Wildman–Crippen LogP) is 5.90. The number of aryl methyl sites for hydroxylation is 3. The molecule has 1 aromatic carbocycles. The van der Waals surface area contributed by atoms with E-state index in [0.717, 1.165) is 40.0 Å². The normalized spacial score (nSPS) is 10.8. The number of anilines is 2. The van der Waals surface area contributed by atoms with Crippen LogP contribution < -0.4 is 4.90 Å². The molecule has 0 atom stereocenters. The van der Waals surface area contributed by atoms with Crippen LogP contribution in [0.1, 0.15) is 16.8 Å². The van der Waals surface area contributed by atoms with E-state index in [1.54, 1.807) is 0 Å². The molecule has 0 unspecified atom stereocenters. The summed E-state index contributed by atoms with van der Waals surface area (Å²) in [6.45, 7) is 6.22. The van der Waals surface area contributed by atoms with E-state index in [1.807, 2.05) is 68.6 Å². The van der Waals surface area contributed by atoms with Crippen molar-refractivity contribution in [2.24, 2.45) is 0 Å². The van der Waals surface area contributed by atoms with Crippen LogP contribution in [0.2, 0.25) is 0 Å². The van der Waals surface area contributed by atoms with Gasteiger partial charge in [-0.1, -0.05) is 35.9 Å². The molecule has 0 saturated heterocycles. The van der Waals surface area contributed by atoms with E-state index in [2.05, 4.69) is 41.9 Å². The van der Waals surface area contributed by atoms with Gasteiger partial charge >= 0.3 is 0 Å². The number of benzene rings is 1. The van der Waals surface area contributed by atoms with Crippen molar-refractivity contribution < 1.29 is 0 Å². The summed E-state index contributed by atoms with van der Waals surface area (Å²) < 4.78 is 0. The van der Waals surface area contributed by atoms with Gasteiger partial charge in [0.25, 0.3) is 0 Å². The maximum absolute atomic E-state index is 4.88. The third-order valence-corrected chi connectivity index (χ3v) is 4.95. The fourth-order valence-electron chi connectivity index (χ4n) is 3.46. The van der Waals surface area contributed by atoms with Crippen LogP contribution in [-0.4, -0.2) is 22.0 Å². The Bertz CT molecular complexity index is 1170. The van der Waals surface area contributed by atoms with Crippen molar-refractivity contribution in [1.82, 2.24) is 15.0 Å². The summed E-state index contributed by atoms with van der Waals surface area (Å²) in [7, 11) is 2.05. The van der Waals surface area contributed by atoms with Gasteiger partial charge in [-0.2, -0.15) is 0 Å². The zero-order valence-electron chi connectivity index (χ0n) is 17.2. The Kier molecular flexibility index (Phi) is 5.09. The van der Waals surface area contributed by atoms with Gasteiger partial charge in [0, 0.05) is 18.4 Å². The lowest BCUT2D eigenvalue weighted by Gasteiger charge is -2.21. The van der Waals surface area contributed by atoms with Gasteiger partial charge in [-0.25, -0.2) is 9.97 Å². The molecule has 0 radical (unpaired) electrons.